The molecular formula is C15H20BrN7O. The Hall–Kier alpha value is -2.00. The van der Waals surface area contributed by atoms with Crippen molar-refractivity contribution in [2.75, 3.05) is 49.4 Å². The molecule has 0 bridgehead atoms. The van der Waals surface area contributed by atoms with E-state index in [2.05, 4.69) is 46.1 Å². The van der Waals surface area contributed by atoms with Gasteiger partial charge >= 0.3 is 0 Å². The first kappa shape index (κ1) is 16.8. The average molecular weight is 394 g/mol. The Morgan fingerprint density at radius 1 is 1.33 bits per heavy atom. The van der Waals surface area contributed by atoms with Crippen molar-refractivity contribution in [1.29, 1.82) is 0 Å². The Labute approximate surface area is 149 Å². The van der Waals surface area contributed by atoms with E-state index in [1.807, 2.05) is 25.1 Å². The van der Waals surface area contributed by atoms with Crippen molar-refractivity contribution in [3.63, 3.8) is 0 Å². The van der Waals surface area contributed by atoms with Crippen molar-refractivity contribution in [3.05, 3.63) is 29.3 Å². The number of nitrogens with zero attached hydrogens (tertiary/aromatic N) is 6. The van der Waals surface area contributed by atoms with Gasteiger partial charge in [0.2, 0.25) is 5.95 Å². The number of anilines is 3. The summed E-state index contributed by atoms with van der Waals surface area (Å²) in [6.07, 6.45) is 5.05. The first-order valence-electron chi connectivity index (χ1n) is 7.58. The predicted molar refractivity (Wildman–Crippen MR) is 96.5 cm³/mol. The fourth-order valence-electron chi connectivity index (χ4n) is 2.66. The van der Waals surface area contributed by atoms with Gasteiger partial charge in [0, 0.05) is 46.7 Å². The quantitative estimate of drug-likeness (QED) is 0.816. The number of halogens is 1. The maximum absolute atomic E-state index is 5.65. The highest BCUT2D eigenvalue weighted by molar-refractivity contribution is 9.10. The SMILES string of the molecule is CO[C@@H]1CN(c2ccnc(N(C)C)n2)C[C@@H]1Nc1ncncc1Br. The summed E-state index contributed by atoms with van der Waals surface area (Å²) in [4.78, 5) is 21.2. The fraction of sp³-hybridized carbons (Fsp3) is 0.467. The van der Waals surface area contributed by atoms with Crippen LogP contribution in [0.25, 0.3) is 0 Å². The molecule has 1 aliphatic heterocycles. The molecule has 24 heavy (non-hydrogen) atoms. The second kappa shape index (κ2) is 7.27. The van der Waals surface area contributed by atoms with Gasteiger partial charge in [0.1, 0.15) is 18.0 Å². The van der Waals surface area contributed by atoms with Crippen molar-refractivity contribution >= 4 is 33.5 Å². The van der Waals surface area contributed by atoms with Gasteiger partial charge in [0.15, 0.2) is 0 Å². The zero-order valence-corrected chi connectivity index (χ0v) is 15.4. The Kier molecular flexibility index (Phi) is 5.10. The lowest BCUT2D eigenvalue weighted by atomic mass is 10.2. The molecule has 3 heterocycles. The molecule has 0 radical (unpaired) electrons. The molecule has 8 nitrogen and oxygen atoms in total. The van der Waals surface area contributed by atoms with E-state index in [1.54, 1.807) is 19.5 Å². The van der Waals surface area contributed by atoms with E-state index in [9.17, 15) is 0 Å². The van der Waals surface area contributed by atoms with Crippen LogP contribution in [0.15, 0.2) is 29.3 Å². The molecule has 0 saturated carbocycles. The van der Waals surface area contributed by atoms with Gasteiger partial charge in [0.05, 0.1) is 16.6 Å². The highest BCUT2D eigenvalue weighted by Crippen LogP contribution is 2.25. The van der Waals surface area contributed by atoms with Gasteiger partial charge in [0.25, 0.3) is 0 Å². The molecule has 0 amide bonds. The number of rotatable bonds is 5. The van der Waals surface area contributed by atoms with Gasteiger partial charge in [-0.25, -0.2) is 15.0 Å². The molecular weight excluding hydrogens is 374 g/mol. The van der Waals surface area contributed by atoms with Crippen LogP contribution in [0.2, 0.25) is 0 Å². The molecule has 2 aromatic rings. The van der Waals surface area contributed by atoms with E-state index in [0.717, 1.165) is 29.2 Å². The Bertz CT molecular complexity index is 699. The third-order valence-corrected chi connectivity index (χ3v) is 4.49. The highest BCUT2D eigenvalue weighted by Gasteiger charge is 2.34. The zero-order valence-electron chi connectivity index (χ0n) is 13.8. The van der Waals surface area contributed by atoms with Crippen LogP contribution < -0.4 is 15.1 Å². The highest BCUT2D eigenvalue weighted by atomic mass is 79.9. The molecule has 1 fully saturated rings. The molecule has 0 aromatic carbocycles. The van der Waals surface area contributed by atoms with Crippen molar-refractivity contribution in [1.82, 2.24) is 19.9 Å². The van der Waals surface area contributed by atoms with E-state index in [1.165, 1.54) is 6.33 Å². The van der Waals surface area contributed by atoms with Crippen LogP contribution >= 0.6 is 15.9 Å². The summed E-state index contributed by atoms with van der Waals surface area (Å²) in [6.45, 7) is 1.51. The summed E-state index contributed by atoms with van der Waals surface area (Å²) in [6, 6.07) is 2.02. The first-order chi connectivity index (χ1) is 11.6. The van der Waals surface area contributed by atoms with E-state index >= 15 is 0 Å². The zero-order chi connectivity index (χ0) is 17.1. The van der Waals surface area contributed by atoms with Crippen LogP contribution in [0.4, 0.5) is 17.6 Å². The van der Waals surface area contributed by atoms with Gasteiger partial charge < -0.3 is 19.9 Å². The Balaban J connectivity index is 1.77. The molecule has 3 rings (SSSR count). The molecule has 0 aliphatic carbocycles. The molecule has 1 saturated heterocycles. The van der Waals surface area contributed by atoms with Crippen LogP contribution in [0.1, 0.15) is 0 Å². The number of aromatic nitrogens is 4. The summed E-state index contributed by atoms with van der Waals surface area (Å²) in [5.41, 5.74) is 0. The second-order valence-electron chi connectivity index (χ2n) is 5.76. The molecule has 1 aliphatic rings. The number of ether oxygens (including phenoxy) is 1. The fourth-order valence-corrected chi connectivity index (χ4v) is 3.00. The summed E-state index contributed by atoms with van der Waals surface area (Å²) >= 11 is 3.46. The van der Waals surface area contributed by atoms with Crippen molar-refractivity contribution in [2.24, 2.45) is 0 Å². The van der Waals surface area contributed by atoms with E-state index in [4.69, 9.17) is 4.74 Å². The molecule has 0 unspecified atom stereocenters. The van der Waals surface area contributed by atoms with Gasteiger partial charge in [-0.1, -0.05) is 0 Å². The summed E-state index contributed by atoms with van der Waals surface area (Å²) in [5, 5.41) is 3.43. The summed E-state index contributed by atoms with van der Waals surface area (Å²) in [7, 11) is 5.58. The van der Waals surface area contributed by atoms with E-state index in [0.29, 0.717) is 5.95 Å². The van der Waals surface area contributed by atoms with Crippen LogP contribution in [-0.4, -0.2) is 66.4 Å². The van der Waals surface area contributed by atoms with Gasteiger partial charge in [-0.15, -0.1) is 0 Å². The minimum absolute atomic E-state index is 0.0321. The normalized spacial score (nSPS) is 20.2. The third-order valence-electron chi connectivity index (χ3n) is 3.91. The van der Waals surface area contributed by atoms with Gasteiger partial charge in [-0.05, 0) is 22.0 Å². The minimum atomic E-state index is 0.0321. The largest absolute Gasteiger partial charge is 0.377 e. The van der Waals surface area contributed by atoms with Crippen LogP contribution in [-0.2, 0) is 4.74 Å². The van der Waals surface area contributed by atoms with E-state index < -0.39 is 0 Å². The van der Waals surface area contributed by atoms with Crippen LogP contribution in [0.3, 0.4) is 0 Å². The number of nitrogens with one attached hydrogen (secondary N) is 1. The first-order valence-corrected chi connectivity index (χ1v) is 8.38. The monoisotopic (exact) mass is 393 g/mol. The lowest BCUT2D eigenvalue weighted by molar-refractivity contribution is 0.113. The van der Waals surface area contributed by atoms with Crippen LogP contribution in [0.5, 0.6) is 0 Å². The second-order valence-corrected chi connectivity index (χ2v) is 6.61. The van der Waals surface area contributed by atoms with Crippen molar-refractivity contribution in [3.8, 4) is 0 Å². The predicted octanol–water partition coefficient (Wildman–Crippen LogP) is 1.41. The lowest BCUT2D eigenvalue weighted by Gasteiger charge is -2.19. The average Bonchev–Trinajstić information content (AvgIpc) is 3.00. The molecule has 2 atom stereocenters. The maximum atomic E-state index is 5.65. The maximum Gasteiger partial charge on any atom is 0.226 e. The number of hydrogen-bond donors (Lipinski definition) is 1. The third kappa shape index (κ3) is 3.57. The minimum Gasteiger partial charge on any atom is -0.377 e. The van der Waals surface area contributed by atoms with Crippen molar-refractivity contribution in [2.45, 2.75) is 12.1 Å². The standard InChI is InChI=1S/C15H20BrN7O/c1-22(2)15-18-5-4-13(21-15)23-7-11(12(8-23)24-3)20-14-10(16)6-17-9-19-14/h4-6,9,11-12H,7-8H2,1-3H3,(H,17,19,20)/t11-,12+/m0/s1. The molecule has 1 N–H and O–H groups in total. The topological polar surface area (TPSA) is 79.3 Å². The Morgan fingerprint density at radius 3 is 2.88 bits per heavy atom. The number of hydrogen-bond acceptors (Lipinski definition) is 8. The smallest absolute Gasteiger partial charge is 0.226 e. The molecule has 128 valence electrons. The van der Waals surface area contributed by atoms with E-state index in [-0.39, 0.29) is 12.1 Å². The van der Waals surface area contributed by atoms with Crippen LogP contribution in [0, 0.1) is 0 Å². The Morgan fingerprint density at radius 2 is 2.17 bits per heavy atom. The number of methoxy groups -OCH3 is 1. The van der Waals surface area contributed by atoms with Gasteiger partial charge in [-0.2, -0.15) is 4.98 Å². The van der Waals surface area contributed by atoms with Gasteiger partial charge in [-0.3, -0.25) is 0 Å². The van der Waals surface area contributed by atoms with Crippen molar-refractivity contribution < 1.29 is 4.74 Å². The molecule has 2 aromatic heterocycles. The molecule has 0 spiro atoms. The lowest BCUT2D eigenvalue weighted by Crippen LogP contribution is -2.34. The molecule has 9 heteroatoms. The summed E-state index contributed by atoms with van der Waals surface area (Å²) < 4.78 is 6.48. The summed E-state index contributed by atoms with van der Waals surface area (Å²) in [5.74, 6) is 2.34.